The number of esters is 1. The molecule has 0 saturated heterocycles. The molecular formula is C34H27ClN2O4. The standard InChI is InChI=1S/C34H27ClN2O4/c1-2-3-13-32(38)41-25-14-15-28-23(16-25)17-29(36-28)34(39)37-20-24(19-35)33-27-12-8-7-11-26(27)31(18-30(33)37)40-21-22-9-5-4-6-10-22/h1,4-12,14-18,24,36H,3,13,19-21H2. The van der Waals surface area contributed by atoms with Crippen LogP contribution in [0, 0.1) is 12.3 Å². The van der Waals surface area contributed by atoms with Crippen LogP contribution in [0.5, 0.6) is 11.5 Å². The molecule has 0 saturated carbocycles. The van der Waals surface area contributed by atoms with Crippen LogP contribution >= 0.6 is 11.6 Å². The van der Waals surface area contributed by atoms with Gasteiger partial charge in [0.1, 0.15) is 23.8 Å². The van der Waals surface area contributed by atoms with Crippen molar-refractivity contribution in [1.82, 2.24) is 4.98 Å². The number of carbonyl (C=O) groups excluding carboxylic acids is 2. The van der Waals surface area contributed by atoms with Crippen LogP contribution in [-0.4, -0.2) is 29.3 Å². The number of hydrogen-bond donors (Lipinski definition) is 1. The minimum Gasteiger partial charge on any atom is -0.488 e. The van der Waals surface area contributed by atoms with Crippen LogP contribution in [0.25, 0.3) is 21.7 Å². The molecule has 1 N–H and O–H groups in total. The number of nitrogens with zero attached hydrogens (tertiary/aromatic N) is 1. The summed E-state index contributed by atoms with van der Waals surface area (Å²) in [5.41, 5.74) is 4.09. The van der Waals surface area contributed by atoms with Crippen LogP contribution in [0.4, 0.5) is 5.69 Å². The van der Waals surface area contributed by atoms with Crippen LogP contribution in [0.2, 0.25) is 0 Å². The van der Waals surface area contributed by atoms with Crippen molar-refractivity contribution in [2.24, 2.45) is 0 Å². The number of amides is 1. The minimum absolute atomic E-state index is 0.0258. The normalized spacial score (nSPS) is 14.1. The number of nitrogens with one attached hydrogen (secondary N) is 1. The Morgan fingerprint density at radius 3 is 2.56 bits per heavy atom. The molecule has 4 aromatic carbocycles. The summed E-state index contributed by atoms with van der Waals surface area (Å²) < 4.78 is 11.7. The van der Waals surface area contributed by atoms with Gasteiger partial charge in [0, 0.05) is 47.1 Å². The zero-order valence-corrected chi connectivity index (χ0v) is 23.0. The molecule has 1 unspecified atom stereocenters. The van der Waals surface area contributed by atoms with Crippen molar-refractivity contribution in [3.8, 4) is 23.8 Å². The van der Waals surface area contributed by atoms with Gasteiger partial charge in [0.25, 0.3) is 5.91 Å². The second-order valence-corrected chi connectivity index (χ2v) is 10.3. The van der Waals surface area contributed by atoms with Gasteiger partial charge < -0.3 is 19.4 Å². The summed E-state index contributed by atoms with van der Waals surface area (Å²) in [6, 6.07) is 27.0. The molecular weight excluding hydrogens is 536 g/mol. The fourth-order valence-corrected chi connectivity index (χ4v) is 5.63. The molecule has 1 aliphatic rings. The van der Waals surface area contributed by atoms with E-state index in [-0.39, 0.29) is 18.2 Å². The molecule has 6 rings (SSSR count). The molecule has 2 heterocycles. The summed E-state index contributed by atoms with van der Waals surface area (Å²) in [6.07, 6.45) is 5.70. The number of alkyl halides is 1. The molecule has 1 aliphatic heterocycles. The van der Waals surface area contributed by atoms with E-state index in [1.165, 1.54) is 0 Å². The van der Waals surface area contributed by atoms with Crippen molar-refractivity contribution in [2.45, 2.75) is 25.4 Å². The van der Waals surface area contributed by atoms with Crippen molar-refractivity contribution < 1.29 is 19.1 Å². The summed E-state index contributed by atoms with van der Waals surface area (Å²) in [4.78, 5) is 31.0. The number of ether oxygens (including phenoxy) is 2. The molecule has 204 valence electrons. The number of aromatic amines is 1. The first-order valence-electron chi connectivity index (χ1n) is 13.4. The van der Waals surface area contributed by atoms with E-state index in [4.69, 9.17) is 27.5 Å². The molecule has 0 bridgehead atoms. The topological polar surface area (TPSA) is 71.6 Å². The molecule has 5 aromatic rings. The molecule has 6 nitrogen and oxygen atoms in total. The lowest BCUT2D eigenvalue weighted by Gasteiger charge is -2.19. The van der Waals surface area contributed by atoms with Crippen LogP contribution in [0.1, 0.15) is 40.4 Å². The summed E-state index contributed by atoms with van der Waals surface area (Å²) in [7, 11) is 0. The number of rotatable bonds is 8. The highest BCUT2D eigenvalue weighted by Gasteiger charge is 2.35. The van der Waals surface area contributed by atoms with Crippen molar-refractivity contribution in [3.63, 3.8) is 0 Å². The fourth-order valence-electron chi connectivity index (χ4n) is 5.38. The smallest absolute Gasteiger partial charge is 0.312 e. The first kappa shape index (κ1) is 26.5. The van der Waals surface area contributed by atoms with E-state index in [2.05, 4.69) is 17.0 Å². The molecule has 0 fully saturated rings. The SMILES string of the molecule is C#CCCC(=O)Oc1ccc2[nH]c(C(=O)N3CC(CCl)c4c3cc(OCc3ccccc3)c3ccccc43)cc2c1. The molecule has 1 atom stereocenters. The Labute approximate surface area is 242 Å². The maximum absolute atomic E-state index is 14.0. The number of H-pyrrole nitrogens is 1. The Kier molecular flexibility index (Phi) is 7.37. The number of fused-ring (bicyclic) bond motifs is 4. The van der Waals surface area contributed by atoms with Gasteiger partial charge in [-0.2, -0.15) is 0 Å². The number of hydrogen-bond acceptors (Lipinski definition) is 4. The maximum Gasteiger partial charge on any atom is 0.312 e. The molecule has 0 spiro atoms. The molecule has 1 amide bonds. The van der Waals surface area contributed by atoms with Crippen LogP contribution in [0.15, 0.2) is 84.9 Å². The minimum atomic E-state index is -0.396. The summed E-state index contributed by atoms with van der Waals surface area (Å²) in [5.74, 6) is 3.33. The van der Waals surface area contributed by atoms with Gasteiger partial charge >= 0.3 is 5.97 Å². The van der Waals surface area contributed by atoms with Crippen molar-refractivity contribution >= 4 is 50.8 Å². The molecule has 41 heavy (non-hydrogen) atoms. The second kappa shape index (κ2) is 11.4. The highest BCUT2D eigenvalue weighted by molar-refractivity contribution is 6.19. The van der Waals surface area contributed by atoms with Gasteiger partial charge in [-0.1, -0.05) is 54.6 Å². The average molecular weight is 563 g/mol. The molecule has 7 heteroatoms. The number of benzene rings is 4. The van der Waals surface area contributed by atoms with Crippen molar-refractivity contribution in [2.75, 3.05) is 17.3 Å². The monoisotopic (exact) mass is 562 g/mol. The predicted molar refractivity (Wildman–Crippen MR) is 162 cm³/mol. The van der Waals surface area contributed by atoms with Crippen LogP contribution in [0.3, 0.4) is 0 Å². The van der Waals surface area contributed by atoms with Crippen molar-refractivity contribution in [1.29, 1.82) is 0 Å². The number of aromatic nitrogens is 1. The Hall–Kier alpha value is -4.73. The third kappa shape index (κ3) is 5.25. The summed E-state index contributed by atoms with van der Waals surface area (Å²) >= 11 is 6.46. The van der Waals surface area contributed by atoms with Gasteiger partial charge in [-0.3, -0.25) is 9.59 Å². The summed E-state index contributed by atoms with van der Waals surface area (Å²) in [6.45, 7) is 0.866. The van der Waals surface area contributed by atoms with Gasteiger partial charge in [-0.05, 0) is 40.8 Å². The molecule has 0 radical (unpaired) electrons. The third-order valence-electron chi connectivity index (χ3n) is 7.32. The lowest BCUT2D eigenvalue weighted by Crippen LogP contribution is -2.30. The largest absolute Gasteiger partial charge is 0.488 e. The lowest BCUT2D eigenvalue weighted by atomic mass is 9.95. The highest BCUT2D eigenvalue weighted by Crippen LogP contribution is 2.46. The lowest BCUT2D eigenvalue weighted by molar-refractivity contribution is -0.134. The Morgan fingerprint density at radius 2 is 1.78 bits per heavy atom. The van der Waals surface area contributed by atoms with Gasteiger partial charge in [-0.25, -0.2) is 0 Å². The molecule has 0 aliphatic carbocycles. The highest BCUT2D eigenvalue weighted by atomic mass is 35.5. The summed E-state index contributed by atoms with van der Waals surface area (Å²) in [5, 5.41) is 2.78. The van der Waals surface area contributed by atoms with Crippen molar-refractivity contribution in [3.05, 3.63) is 102 Å². The van der Waals surface area contributed by atoms with E-state index in [9.17, 15) is 9.59 Å². The van der Waals surface area contributed by atoms with Gasteiger partial charge in [0.2, 0.25) is 0 Å². The van der Waals surface area contributed by atoms with E-state index in [0.717, 1.165) is 38.5 Å². The Bertz CT molecular complexity index is 1800. The first-order chi connectivity index (χ1) is 20.1. The maximum atomic E-state index is 14.0. The zero-order valence-electron chi connectivity index (χ0n) is 22.2. The Morgan fingerprint density at radius 1 is 1.00 bits per heavy atom. The quantitative estimate of drug-likeness (QED) is 0.0939. The van der Waals surface area contributed by atoms with E-state index >= 15 is 0 Å². The predicted octanol–water partition coefficient (Wildman–Crippen LogP) is 7.20. The number of anilines is 1. The number of halogens is 1. The fraction of sp³-hybridized carbons (Fsp3) is 0.176. The average Bonchev–Trinajstić information content (AvgIpc) is 3.60. The third-order valence-corrected chi connectivity index (χ3v) is 7.70. The van der Waals surface area contributed by atoms with Gasteiger partial charge in [0.15, 0.2) is 0 Å². The number of carbonyl (C=O) groups is 2. The zero-order chi connectivity index (χ0) is 28.3. The van der Waals surface area contributed by atoms with Crippen LogP contribution in [-0.2, 0) is 11.4 Å². The van der Waals surface area contributed by atoms with E-state index in [0.29, 0.717) is 42.6 Å². The van der Waals surface area contributed by atoms with E-state index in [1.54, 1.807) is 29.2 Å². The van der Waals surface area contributed by atoms with Gasteiger partial charge in [-0.15, -0.1) is 23.9 Å². The van der Waals surface area contributed by atoms with E-state index in [1.807, 2.05) is 54.6 Å². The Balaban J connectivity index is 1.33. The first-order valence-corrected chi connectivity index (χ1v) is 14.0. The second-order valence-electron chi connectivity index (χ2n) is 10.0. The van der Waals surface area contributed by atoms with Crippen LogP contribution < -0.4 is 14.4 Å². The molecule has 1 aromatic heterocycles. The van der Waals surface area contributed by atoms with E-state index < -0.39 is 5.97 Å². The van der Waals surface area contributed by atoms with Gasteiger partial charge in [0.05, 0.1) is 12.1 Å². The number of terminal acetylenes is 1.